The third kappa shape index (κ3) is 3.78. The lowest BCUT2D eigenvalue weighted by molar-refractivity contribution is 0.0672. The Kier molecular flexibility index (Phi) is 4.92. The lowest BCUT2D eigenvalue weighted by Crippen LogP contribution is -2.26. The molecular weight excluding hydrogens is 402 g/mol. The van der Waals surface area contributed by atoms with Crippen LogP contribution in [0, 0.1) is 6.92 Å². The van der Waals surface area contributed by atoms with E-state index in [1.54, 1.807) is 6.20 Å². The fourth-order valence-corrected chi connectivity index (χ4v) is 4.18. The summed E-state index contributed by atoms with van der Waals surface area (Å²) in [6.07, 6.45) is 4.89. The summed E-state index contributed by atoms with van der Waals surface area (Å²) in [6.45, 7) is 1.89. The van der Waals surface area contributed by atoms with E-state index in [0.717, 1.165) is 64.9 Å². The third-order valence-corrected chi connectivity index (χ3v) is 5.73. The second-order valence-electron chi connectivity index (χ2n) is 7.74. The number of rotatable bonds is 4. The van der Waals surface area contributed by atoms with E-state index in [1.165, 1.54) is 0 Å². The highest BCUT2D eigenvalue weighted by molar-refractivity contribution is 6.35. The molecule has 0 spiro atoms. The monoisotopic (exact) mass is 423 g/mol. The Morgan fingerprint density at radius 1 is 1.17 bits per heavy atom. The van der Waals surface area contributed by atoms with Crippen LogP contribution in [0.5, 0.6) is 5.75 Å². The molecule has 0 amide bonds. The summed E-state index contributed by atoms with van der Waals surface area (Å²) in [5.74, 6) is 2.00. The molecule has 1 saturated carbocycles. The number of fused-ring (bicyclic) bond motifs is 2. The van der Waals surface area contributed by atoms with E-state index in [-0.39, 0.29) is 12.2 Å². The molecule has 1 fully saturated rings. The van der Waals surface area contributed by atoms with Crippen LogP contribution in [0.3, 0.4) is 0 Å². The number of H-pyrrole nitrogens is 1. The number of halogens is 1. The number of anilines is 2. The van der Waals surface area contributed by atoms with Crippen molar-refractivity contribution < 1.29 is 9.84 Å². The first kappa shape index (κ1) is 19.1. The average Bonchev–Trinajstić information content (AvgIpc) is 3.11. The lowest BCUT2D eigenvalue weighted by Gasteiger charge is -2.26. The van der Waals surface area contributed by atoms with Crippen LogP contribution in [0.15, 0.2) is 36.5 Å². The van der Waals surface area contributed by atoms with Crippen LogP contribution < -0.4 is 10.1 Å². The zero-order valence-electron chi connectivity index (χ0n) is 16.5. The molecular formula is C22H22ClN5O2. The second-order valence-corrected chi connectivity index (χ2v) is 8.14. The van der Waals surface area contributed by atoms with Gasteiger partial charge in [0.1, 0.15) is 17.1 Å². The summed E-state index contributed by atoms with van der Waals surface area (Å²) in [4.78, 5) is 16.7. The Labute approximate surface area is 178 Å². The number of benzene rings is 2. The van der Waals surface area contributed by atoms with Gasteiger partial charge in [-0.15, -0.1) is 0 Å². The summed E-state index contributed by atoms with van der Waals surface area (Å²) >= 11 is 6.39. The first-order valence-electron chi connectivity index (χ1n) is 10.1. The molecule has 1 aliphatic carbocycles. The number of nitrogens with one attached hydrogen (secondary N) is 2. The normalized spacial score (nSPS) is 19.3. The van der Waals surface area contributed by atoms with Gasteiger partial charge in [0.25, 0.3) is 0 Å². The van der Waals surface area contributed by atoms with Crippen LogP contribution in [-0.2, 0) is 0 Å². The highest BCUT2D eigenvalue weighted by atomic mass is 35.5. The molecule has 0 radical (unpaired) electrons. The van der Waals surface area contributed by atoms with Crippen molar-refractivity contribution in [2.75, 3.05) is 5.32 Å². The van der Waals surface area contributed by atoms with Gasteiger partial charge in [-0.25, -0.2) is 15.0 Å². The van der Waals surface area contributed by atoms with E-state index < -0.39 is 0 Å². The molecule has 2 aromatic carbocycles. The van der Waals surface area contributed by atoms with Gasteiger partial charge < -0.3 is 20.1 Å². The molecule has 3 N–H and O–H groups in total. The SMILES string of the molecule is Cc1nc2cc(Nc3ncc4cccc(O[C@H]5CC[C@@H](O)CC5)c4n3)cc(Cl)c2[nH]1. The number of imidazole rings is 1. The number of aliphatic hydroxyl groups is 1. The minimum atomic E-state index is -0.210. The number of hydrogen-bond acceptors (Lipinski definition) is 6. The van der Waals surface area contributed by atoms with Crippen molar-refractivity contribution in [2.45, 2.75) is 44.8 Å². The zero-order chi connectivity index (χ0) is 20.7. The first-order valence-corrected chi connectivity index (χ1v) is 10.5. The molecule has 0 unspecified atom stereocenters. The highest BCUT2D eigenvalue weighted by Crippen LogP contribution is 2.31. The number of aromatic amines is 1. The number of hydrogen-bond donors (Lipinski definition) is 3. The maximum Gasteiger partial charge on any atom is 0.227 e. The zero-order valence-corrected chi connectivity index (χ0v) is 17.3. The molecule has 0 saturated heterocycles. The summed E-state index contributed by atoms with van der Waals surface area (Å²) in [7, 11) is 0. The van der Waals surface area contributed by atoms with E-state index >= 15 is 0 Å². The van der Waals surface area contributed by atoms with Crippen LogP contribution >= 0.6 is 11.6 Å². The van der Waals surface area contributed by atoms with Gasteiger partial charge in [-0.3, -0.25) is 0 Å². The maximum absolute atomic E-state index is 9.73. The Morgan fingerprint density at radius 3 is 2.83 bits per heavy atom. The van der Waals surface area contributed by atoms with Crippen LogP contribution in [0.1, 0.15) is 31.5 Å². The van der Waals surface area contributed by atoms with Gasteiger partial charge in [0.05, 0.1) is 28.3 Å². The molecule has 4 aromatic rings. The van der Waals surface area contributed by atoms with E-state index in [9.17, 15) is 5.11 Å². The van der Waals surface area contributed by atoms with E-state index in [0.29, 0.717) is 11.0 Å². The molecule has 154 valence electrons. The fraction of sp³-hybridized carbons (Fsp3) is 0.318. The molecule has 2 heterocycles. The van der Waals surface area contributed by atoms with Gasteiger partial charge in [-0.1, -0.05) is 23.7 Å². The number of aryl methyl sites for hydroxylation is 1. The van der Waals surface area contributed by atoms with Crippen molar-refractivity contribution >= 4 is 45.2 Å². The molecule has 8 heteroatoms. The van der Waals surface area contributed by atoms with Crippen molar-refractivity contribution in [1.82, 2.24) is 19.9 Å². The Hall–Kier alpha value is -2.90. The van der Waals surface area contributed by atoms with E-state index in [4.69, 9.17) is 21.3 Å². The minimum absolute atomic E-state index is 0.0921. The molecule has 30 heavy (non-hydrogen) atoms. The first-order chi connectivity index (χ1) is 14.5. The fourth-order valence-electron chi connectivity index (χ4n) is 3.92. The van der Waals surface area contributed by atoms with Crippen LogP contribution in [0.25, 0.3) is 21.9 Å². The molecule has 0 bridgehead atoms. The van der Waals surface area contributed by atoms with Crippen molar-refractivity contribution in [1.29, 1.82) is 0 Å². The predicted octanol–water partition coefficient (Wildman–Crippen LogP) is 4.89. The van der Waals surface area contributed by atoms with Crippen LogP contribution in [-0.4, -0.2) is 37.3 Å². The standard InChI is InChI=1S/C22H22ClN5O2/c1-12-25-18-10-14(9-17(23)21(18)26-12)27-22-24-11-13-3-2-4-19(20(13)28-22)30-16-7-5-15(29)6-8-16/h2-4,9-11,15-16,29H,5-8H2,1H3,(H,25,26)(H,24,27,28)/t15-,16+. The van der Waals surface area contributed by atoms with Crippen LogP contribution in [0.2, 0.25) is 5.02 Å². The van der Waals surface area contributed by atoms with Crippen molar-refractivity contribution in [2.24, 2.45) is 0 Å². The van der Waals surface area contributed by atoms with Gasteiger partial charge in [-0.05, 0) is 50.8 Å². The number of aliphatic hydroxyl groups excluding tert-OH is 1. The number of aromatic nitrogens is 4. The molecule has 7 nitrogen and oxygen atoms in total. The van der Waals surface area contributed by atoms with Gasteiger partial charge in [-0.2, -0.15) is 0 Å². The van der Waals surface area contributed by atoms with Crippen molar-refractivity contribution in [3.05, 3.63) is 47.4 Å². The van der Waals surface area contributed by atoms with E-state index in [2.05, 4.69) is 20.3 Å². The van der Waals surface area contributed by atoms with E-state index in [1.807, 2.05) is 37.3 Å². The summed E-state index contributed by atoms with van der Waals surface area (Å²) in [5.41, 5.74) is 3.11. The molecule has 2 aromatic heterocycles. The molecule has 5 rings (SSSR count). The molecule has 0 aliphatic heterocycles. The number of ether oxygens (including phenoxy) is 1. The van der Waals surface area contributed by atoms with Gasteiger partial charge >= 0.3 is 0 Å². The van der Waals surface area contributed by atoms with Crippen LogP contribution in [0.4, 0.5) is 11.6 Å². The van der Waals surface area contributed by atoms with Gasteiger partial charge in [0.2, 0.25) is 5.95 Å². The lowest BCUT2D eigenvalue weighted by atomic mass is 9.95. The number of nitrogens with zero attached hydrogens (tertiary/aromatic N) is 3. The largest absolute Gasteiger partial charge is 0.488 e. The third-order valence-electron chi connectivity index (χ3n) is 5.43. The van der Waals surface area contributed by atoms with Crippen molar-refractivity contribution in [3.63, 3.8) is 0 Å². The smallest absolute Gasteiger partial charge is 0.227 e. The van der Waals surface area contributed by atoms with Gasteiger partial charge in [0.15, 0.2) is 0 Å². The maximum atomic E-state index is 9.73. The Morgan fingerprint density at radius 2 is 2.00 bits per heavy atom. The number of para-hydroxylation sites is 1. The van der Waals surface area contributed by atoms with Gasteiger partial charge in [0, 0.05) is 17.3 Å². The average molecular weight is 424 g/mol. The summed E-state index contributed by atoms with van der Waals surface area (Å²) in [6, 6.07) is 9.57. The predicted molar refractivity (Wildman–Crippen MR) is 118 cm³/mol. The summed E-state index contributed by atoms with van der Waals surface area (Å²) in [5, 5.41) is 14.4. The summed E-state index contributed by atoms with van der Waals surface area (Å²) < 4.78 is 6.24. The Balaban J connectivity index is 1.44. The highest BCUT2D eigenvalue weighted by Gasteiger charge is 2.21. The molecule has 0 atom stereocenters. The minimum Gasteiger partial charge on any atom is -0.488 e. The quantitative estimate of drug-likeness (QED) is 0.432. The molecule has 1 aliphatic rings. The topological polar surface area (TPSA) is 96.0 Å². The van der Waals surface area contributed by atoms with Crippen molar-refractivity contribution in [3.8, 4) is 5.75 Å². The second kappa shape index (κ2) is 7.74. The Bertz CT molecular complexity index is 1220.